The Labute approximate surface area is 211 Å². The molecular weight excluding hydrogens is 486 g/mol. The molecule has 0 aliphatic carbocycles. The van der Waals surface area contributed by atoms with Gasteiger partial charge in [-0.05, 0) is 37.5 Å². The zero-order valence-corrected chi connectivity index (χ0v) is 21.9. The van der Waals surface area contributed by atoms with Gasteiger partial charge in [0.2, 0.25) is 10.0 Å². The smallest absolute Gasteiger partial charge is 0.232 e. The minimum Gasteiger partial charge on any atom is -0.370 e. The number of hydrogen-bond donors (Lipinski definition) is 1. The minimum absolute atomic E-state index is 0.177. The molecule has 0 fully saturated rings. The van der Waals surface area contributed by atoms with Crippen LogP contribution in [0, 0.1) is 11.6 Å². The first-order chi connectivity index (χ1) is 17.3. The fourth-order valence-corrected chi connectivity index (χ4v) is 5.06. The Bertz CT molecular complexity index is 1250. The summed E-state index contributed by atoms with van der Waals surface area (Å²) in [6.45, 7) is 7.81. The molecule has 0 atom stereocenters. The van der Waals surface area contributed by atoms with Crippen LogP contribution in [0.15, 0.2) is 36.8 Å². The van der Waals surface area contributed by atoms with Gasteiger partial charge in [-0.3, -0.25) is 9.71 Å². The van der Waals surface area contributed by atoms with Gasteiger partial charge in [-0.2, -0.15) is 0 Å². The number of anilines is 2. The Balaban J connectivity index is 1.88. The summed E-state index contributed by atoms with van der Waals surface area (Å²) in [6, 6.07) is 3.99. The molecule has 0 amide bonds. The van der Waals surface area contributed by atoms with E-state index in [-0.39, 0.29) is 11.4 Å². The van der Waals surface area contributed by atoms with E-state index < -0.39 is 27.3 Å². The van der Waals surface area contributed by atoms with Crippen molar-refractivity contribution >= 4 is 21.4 Å². The standard InChI is InChI=1S/C25H34F2N6O2S/c1-4-7-8-9-13-32(12-5-2)20-15-19(16-28-17-20)23-18-33(31-29-23)25-21(26)10-11-22(24(25)27)30-36(34,35)14-6-3/h10-11,15-18,30H,4-9,12-14H2,1-3H3. The monoisotopic (exact) mass is 520 g/mol. The summed E-state index contributed by atoms with van der Waals surface area (Å²) in [5.41, 5.74) is 1.14. The average Bonchev–Trinajstić information content (AvgIpc) is 3.33. The lowest BCUT2D eigenvalue weighted by Crippen LogP contribution is -2.25. The van der Waals surface area contributed by atoms with Gasteiger partial charge in [0.15, 0.2) is 11.6 Å². The molecule has 2 heterocycles. The number of sulfonamides is 1. The van der Waals surface area contributed by atoms with E-state index in [1.165, 1.54) is 25.5 Å². The van der Waals surface area contributed by atoms with Crippen molar-refractivity contribution < 1.29 is 17.2 Å². The second-order valence-corrected chi connectivity index (χ2v) is 10.5. The van der Waals surface area contributed by atoms with Gasteiger partial charge in [0.25, 0.3) is 0 Å². The second kappa shape index (κ2) is 12.8. The number of benzene rings is 1. The van der Waals surface area contributed by atoms with Crippen LogP contribution >= 0.6 is 0 Å². The van der Waals surface area contributed by atoms with Crippen molar-refractivity contribution in [3.8, 4) is 16.9 Å². The lowest BCUT2D eigenvalue weighted by molar-refractivity contribution is 0.558. The van der Waals surface area contributed by atoms with Gasteiger partial charge in [0.1, 0.15) is 11.4 Å². The fraction of sp³-hybridized carbons (Fsp3) is 0.480. The fourth-order valence-electron chi connectivity index (χ4n) is 3.93. The highest BCUT2D eigenvalue weighted by molar-refractivity contribution is 7.92. The first kappa shape index (κ1) is 27.5. The van der Waals surface area contributed by atoms with Gasteiger partial charge >= 0.3 is 0 Å². The number of unbranched alkanes of at least 4 members (excludes halogenated alkanes) is 3. The predicted molar refractivity (Wildman–Crippen MR) is 139 cm³/mol. The van der Waals surface area contributed by atoms with Crippen molar-refractivity contribution in [2.24, 2.45) is 0 Å². The molecule has 0 radical (unpaired) electrons. The number of pyridine rings is 1. The Morgan fingerprint density at radius 1 is 1.00 bits per heavy atom. The predicted octanol–water partition coefficient (Wildman–Crippen LogP) is 5.56. The topological polar surface area (TPSA) is 93.0 Å². The normalized spacial score (nSPS) is 11.6. The van der Waals surface area contributed by atoms with Crippen molar-refractivity contribution in [3.63, 3.8) is 0 Å². The molecule has 0 aliphatic rings. The molecule has 0 saturated heterocycles. The quantitative estimate of drug-likeness (QED) is 0.280. The molecule has 0 bridgehead atoms. The molecule has 11 heteroatoms. The van der Waals surface area contributed by atoms with Crippen molar-refractivity contribution in [2.75, 3.05) is 28.5 Å². The van der Waals surface area contributed by atoms with E-state index in [1.807, 2.05) is 6.07 Å². The van der Waals surface area contributed by atoms with Crippen LogP contribution in [-0.4, -0.2) is 47.2 Å². The summed E-state index contributed by atoms with van der Waals surface area (Å²) in [7, 11) is -3.76. The van der Waals surface area contributed by atoms with Crippen LogP contribution in [0.4, 0.5) is 20.2 Å². The van der Waals surface area contributed by atoms with Crippen molar-refractivity contribution in [1.29, 1.82) is 0 Å². The lowest BCUT2D eigenvalue weighted by atomic mass is 10.1. The molecule has 36 heavy (non-hydrogen) atoms. The third-order valence-corrected chi connectivity index (χ3v) is 7.16. The van der Waals surface area contributed by atoms with E-state index in [0.717, 1.165) is 48.4 Å². The van der Waals surface area contributed by atoms with E-state index in [4.69, 9.17) is 0 Å². The molecule has 1 aromatic carbocycles. The molecule has 196 valence electrons. The molecule has 2 aromatic heterocycles. The van der Waals surface area contributed by atoms with Crippen LogP contribution in [0.3, 0.4) is 0 Å². The third-order valence-electron chi connectivity index (χ3n) is 5.69. The summed E-state index contributed by atoms with van der Waals surface area (Å²) < 4.78 is 57.1. The summed E-state index contributed by atoms with van der Waals surface area (Å²) in [5, 5.41) is 8.00. The second-order valence-electron chi connectivity index (χ2n) is 8.71. The van der Waals surface area contributed by atoms with E-state index in [1.54, 1.807) is 19.3 Å². The molecular formula is C25H34F2N6O2S. The van der Waals surface area contributed by atoms with Gasteiger partial charge in [0.05, 0.1) is 29.5 Å². The molecule has 3 rings (SSSR count). The van der Waals surface area contributed by atoms with Crippen molar-refractivity contribution in [2.45, 2.75) is 59.3 Å². The SMILES string of the molecule is CCCCCCN(CCC)c1cncc(-c2cn(-c3c(F)ccc(NS(=O)(=O)CCC)c3F)nn2)c1. The molecule has 0 spiro atoms. The van der Waals surface area contributed by atoms with E-state index >= 15 is 4.39 Å². The number of hydrogen-bond acceptors (Lipinski definition) is 6. The van der Waals surface area contributed by atoms with Gasteiger partial charge in [-0.25, -0.2) is 21.9 Å². The average molecular weight is 521 g/mol. The zero-order valence-electron chi connectivity index (χ0n) is 21.0. The Kier molecular flexibility index (Phi) is 9.74. The van der Waals surface area contributed by atoms with Crippen LogP contribution in [0.5, 0.6) is 0 Å². The molecule has 0 unspecified atom stereocenters. The van der Waals surface area contributed by atoms with Crippen molar-refractivity contribution in [3.05, 3.63) is 48.4 Å². The van der Waals surface area contributed by atoms with E-state index in [2.05, 4.69) is 38.8 Å². The number of aromatic nitrogens is 4. The highest BCUT2D eigenvalue weighted by atomic mass is 32.2. The molecule has 1 N–H and O–H groups in total. The van der Waals surface area contributed by atoms with Gasteiger partial charge < -0.3 is 4.90 Å². The lowest BCUT2D eigenvalue weighted by Gasteiger charge is -2.24. The Morgan fingerprint density at radius 2 is 1.81 bits per heavy atom. The van der Waals surface area contributed by atoms with E-state index in [0.29, 0.717) is 17.7 Å². The molecule has 0 aliphatic heterocycles. The maximum atomic E-state index is 15.2. The van der Waals surface area contributed by atoms with Gasteiger partial charge in [0, 0.05) is 24.8 Å². The number of halogens is 2. The zero-order chi connectivity index (χ0) is 26.1. The Morgan fingerprint density at radius 3 is 2.53 bits per heavy atom. The van der Waals surface area contributed by atoms with Crippen molar-refractivity contribution in [1.82, 2.24) is 20.0 Å². The highest BCUT2D eigenvalue weighted by Crippen LogP contribution is 2.28. The number of nitrogens with zero attached hydrogens (tertiary/aromatic N) is 5. The summed E-state index contributed by atoms with van der Waals surface area (Å²) in [6.07, 6.45) is 10.8. The maximum Gasteiger partial charge on any atom is 0.232 e. The maximum absolute atomic E-state index is 15.2. The van der Waals surface area contributed by atoms with E-state index in [9.17, 15) is 12.8 Å². The van der Waals surface area contributed by atoms with Crippen LogP contribution < -0.4 is 9.62 Å². The number of rotatable bonds is 14. The first-order valence-corrected chi connectivity index (χ1v) is 14.1. The molecule has 8 nitrogen and oxygen atoms in total. The summed E-state index contributed by atoms with van der Waals surface area (Å²) in [5.74, 6) is -2.14. The van der Waals surface area contributed by atoms with Crippen LogP contribution in [0.2, 0.25) is 0 Å². The van der Waals surface area contributed by atoms with Crippen LogP contribution in [0.1, 0.15) is 59.3 Å². The van der Waals surface area contributed by atoms with Gasteiger partial charge in [-0.1, -0.05) is 45.2 Å². The highest BCUT2D eigenvalue weighted by Gasteiger charge is 2.21. The Hall–Kier alpha value is -3.08. The first-order valence-electron chi connectivity index (χ1n) is 12.4. The number of nitrogens with one attached hydrogen (secondary N) is 1. The largest absolute Gasteiger partial charge is 0.370 e. The molecule has 3 aromatic rings. The third kappa shape index (κ3) is 6.99. The van der Waals surface area contributed by atoms with Crippen LogP contribution in [-0.2, 0) is 10.0 Å². The van der Waals surface area contributed by atoms with Crippen LogP contribution in [0.25, 0.3) is 16.9 Å². The summed E-state index contributed by atoms with van der Waals surface area (Å²) in [4.78, 5) is 6.63. The summed E-state index contributed by atoms with van der Waals surface area (Å²) >= 11 is 0. The van der Waals surface area contributed by atoms with Gasteiger partial charge in [-0.15, -0.1) is 5.10 Å². The minimum atomic E-state index is -3.76. The molecule has 0 saturated carbocycles.